The number of hydrogen-bond acceptors (Lipinski definition) is 4. The fourth-order valence-electron chi connectivity index (χ4n) is 1.76. The molecule has 2 aromatic rings. The van der Waals surface area contributed by atoms with E-state index in [0.29, 0.717) is 12.2 Å². The van der Waals surface area contributed by atoms with E-state index in [4.69, 9.17) is 5.11 Å². The lowest BCUT2D eigenvalue weighted by Gasteiger charge is -2.16. The van der Waals surface area contributed by atoms with Gasteiger partial charge in [-0.2, -0.15) is 0 Å². The third-order valence-electron chi connectivity index (χ3n) is 2.81. The molecule has 104 valence electrons. The summed E-state index contributed by atoms with van der Waals surface area (Å²) in [4.78, 5) is 28.6. The molecule has 1 heterocycles. The van der Waals surface area contributed by atoms with Crippen LogP contribution in [0, 0.1) is 6.92 Å². The smallest absolute Gasteiger partial charge is 0.335 e. The Bertz CT molecular complexity index is 634. The molecule has 0 aliphatic heterocycles. The van der Waals surface area contributed by atoms with E-state index in [9.17, 15) is 9.59 Å². The molecule has 1 amide bonds. The van der Waals surface area contributed by atoms with Crippen LogP contribution in [-0.4, -0.2) is 33.9 Å². The number of rotatable bonds is 4. The Kier molecular flexibility index (Phi) is 4.14. The molecule has 0 atom stereocenters. The van der Waals surface area contributed by atoms with E-state index in [1.165, 1.54) is 23.5 Å². The summed E-state index contributed by atoms with van der Waals surface area (Å²) in [6.07, 6.45) is 0. The van der Waals surface area contributed by atoms with Crippen molar-refractivity contribution < 1.29 is 14.7 Å². The number of aromatic carboxylic acids is 1. The molecule has 0 bridgehead atoms. The maximum atomic E-state index is 12.1. The fraction of sp³-hybridized carbons (Fsp3) is 0.214. The molecule has 0 spiro atoms. The molecular formula is C14H14N2O3S. The first-order valence-corrected chi connectivity index (χ1v) is 6.85. The molecule has 5 nitrogen and oxygen atoms in total. The molecule has 0 saturated carbocycles. The van der Waals surface area contributed by atoms with Crippen molar-refractivity contribution >= 4 is 23.2 Å². The second kappa shape index (κ2) is 5.83. The van der Waals surface area contributed by atoms with Crippen LogP contribution >= 0.6 is 11.3 Å². The third-order valence-corrected chi connectivity index (χ3v) is 3.58. The van der Waals surface area contributed by atoms with Crippen molar-refractivity contribution in [2.45, 2.75) is 13.5 Å². The number of benzene rings is 1. The number of aromatic nitrogens is 1. The molecular weight excluding hydrogens is 276 g/mol. The molecule has 20 heavy (non-hydrogen) atoms. The first-order chi connectivity index (χ1) is 9.47. The molecule has 0 aliphatic carbocycles. The first-order valence-electron chi connectivity index (χ1n) is 5.97. The Balaban J connectivity index is 2.05. The number of aryl methyl sites for hydroxylation is 1. The van der Waals surface area contributed by atoms with Gasteiger partial charge in [0.15, 0.2) is 0 Å². The van der Waals surface area contributed by atoms with Crippen LogP contribution in [-0.2, 0) is 6.54 Å². The average molecular weight is 290 g/mol. The van der Waals surface area contributed by atoms with Gasteiger partial charge in [-0.1, -0.05) is 12.1 Å². The van der Waals surface area contributed by atoms with Crippen molar-refractivity contribution in [1.29, 1.82) is 0 Å². The standard InChI is InChI=1S/C14H14N2O3S/c1-9-15-12(8-20-9)13(17)16(2)7-10-3-5-11(6-4-10)14(18)19/h3-6,8H,7H2,1-2H3,(H,18,19). The third kappa shape index (κ3) is 3.21. The van der Waals surface area contributed by atoms with Crippen LogP contribution in [0.1, 0.15) is 31.4 Å². The summed E-state index contributed by atoms with van der Waals surface area (Å²) in [5.41, 5.74) is 1.55. The number of hydrogen-bond donors (Lipinski definition) is 1. The fourth-order valence-corrected chi connectivity index (χ4v) is 2.34. The molecule has 0 radical (unpaired) electrons. The zero-order chi connectivity index (χ0) is 14.7. The van der Waals surface area contributed by atoms with Gasteiger partial charge >= 0.3 is 5.97 Å². The Morgan fingerprint density at radius 2 is 1.95 bits per heavy atom. The summed E-state index contributed by atoms with van der Waals surface area (Å²) in [6, 6.07) is 6.48. The van der Waals surface area contributed by atoms with Crippen LogP contribution in [0.5, 0.6) is 0 Å². The Morgan fingerprint density at radius 1 is 1.30 bits per heavy atom. The monoisotopic (exact) mass is 290 g/mol. The van der Waals surface area contributed by atoms with E-state index >= 15 is 0 Å². The summed E-state index contributed by atoms with van der Waals surface area (Å²) >= 11 is 1.44. The van der Waals surface area contributed by atoms with Gasteiger partial charge in [-0.25, -0.2) is 9.78 Å². The maximum absolute atomic E-state index is 12.1. The van der Waals surface area contributed by atoms with Gasteiger partial charge in [0.1, 0.15) is 5.69 Å². The number of carbonyl (C=O) groups is 2. The highest BCUT2D eigenvalue weighted by Crippen LogP contribution is 2.12. The second-order valence-electron chi connectivity index (χ2n) is 4.42. The zero-order valence-electron chi connectivity index (χ0n) is 11.2. The lowest BCUT2D eigenvalue weighted by molar-refractivity contribution is 0.0695. The summed E-state index contributed by atoms with van der Waals surface area (Å²) in [5, 5.41) is 11.4. The summed E-state index contributed by atoms with van der Waals surface area (Å²) in [7, 11) is 1.70. The van der Waals surface area contributed by atoms with E-state index < -0.39 is 5.97 Å². The lowest BCUT2D eigenvalue weighted by atomic mass is 10.1. The van der Waals surface area contributed by atoms with Gasteiger partial charge in [0.05, 0.1) is 10.6 Å². The number of carboxylic acid groups (broad SMARTS) is 1. The zero-order valence-corrected chi connectivity index (χ0v) is 12.0. The summed E-state index contributed by atoms with van der Waals surface area (Å²) < 4.78 is 0. The number of carboxylic acids is 1. The minimum absolute atomic E-state index is 0.142. The van der Waals surface area contributed by atoms with Crippen molar-refractivity contribution in [3.05, 3.63) is 51.5 Å². The van der Waals surface area contributed by atoms with Gasteiger partial charge in [-0.15, -0.1) is 11.3 Å². The van der Waals surface area contributed by atoms with Crippen molar-refractivity contribution in [1.82, 2.24) is 9.88 Å². The van der Waals surface area contributed by atoms with E-state index in [2.05, 4.69) is 4.98 Å². The highest BCUT2D eigenvalue weighted by atomic mass is 32.1. The van der Waals surface area contributed by atoms with Crippen LogP contribution in [0.2, 0.25) is 0 Å². The number of amides is 1. The topological polar surface area (TPSA) is 70.5 Å². The van der Waals surface area contributed by atoms with E-state index in [1.54, 1.807) is 29.5 Å². The van der Waals surface area contributed by atoms with Gasteiger partial charge in [0.2, 0.25) is 0 Å². The molecule has 1 aromatic carbocycles. The Morgan fingerprint density at radius 3 is 2.45 bits per heavy atom. The molecule has 2 rings (SSSR count). The molecule has 0 unspecified atom stereocenters. The SMILES string of the molecule is Cc1nc(C(=O)N(C)Cc2ccc(C(=O)O)cc2)cs1. The number of nitrogens with zero attached hydrogens (tertiary/aromatic N) is 2. The molecule has 0 saturated heterocycles. The van der Waals surface area contributed by atoms with Crippen molar-refractivity contribution in [2.24, 2.45) is 0 Å². The van der Waals surface area contributed by atoms with Gasteiger partial charge in [0.25, 0.3) is 5.91 Å². The lowest BCUT2D eigenvalue weighted by Crippen LogP contribution is -2.26. The van der Waals surface area contributed by atoms with Gasteiger partial charge in [-0.05, 0) is 24.6 Å². The molecule has 6 heteroatoms. The van der Waals surface area contributed by atoms with Crippen LogP contribution < -0.4 is 0 Å². The van der Waals surface area contributed by atoms with E-state index in [1.807, 2.05) is 6.92 Å². The minimum atomic E-state index is -0.959. The first kappa shape index (κ1) is 14.2. The maximum Gasteiger partial charge on any atom is 0.335 e. The highest BCUT2D eigenvalue weighted by molar-refractivity contribution is 7.09. The minimum Gasteiger partial charge on any atom is -0.478 e. The summed E-state index contributed by atoms with van der Waals surface area (Å²) in [5.74, 6) is -1.10. The van der Waals surface area contributed by atoms with Crippen molar-refractivity contribution in [2.75, 3.05) is 7.05 Å². The number of thiazole rings is 1. The second-order valence-corrected chi connectivity index (χ2v) is 5.48. The van der Waals surface area contributed by atoms with Crippen LogP contribution in [0.25, 0.3) is 0 Å². The molecule has 0 fully saturated rings. The molecule has 1 N–H and O–H groups in total. The van der Waals surface area contributed by atoms with Crippen LogP contribution in [0.4, 0.5) is 0 Å². The Labute approximate surface area is 120 Å². The predicted molar refractivity (Wildman–Crippen MR) is 76.0 cm³/mol. The van der Waals surface area contributed by atoms with Crippen molar-refractivity contribution in [3.8, 4) is 0 Å². The van der Waals surface area contributed by atoms with E-state index in [0.717, 1.165) is 10.6 Å². The quantitative estimate of drug-likeness (QED) is 0.938. The highest BCUT2D eigenvalue weighted by Gasteiger charge is 2.15. The normalized spacial score (nSPS) is 10.3. The largest absolute Gasteiger partial charge is 0.478 e. The van der Waals surface area contributed by atoms with Gasteiger partial charge in [-0.3, -0.25) is 4.79 Å². The van der Waals surface area contributed by atoms with Gasteiger partial charge in [0, 0.05) is 19.0 Å². The van der Waals surface area contributed by atoms with Crippen molar-refractivity contribution in [3.63, 3.8) is 0 Å². The summed E-state index contributed by atoms with van der Waals surface area (Å²) in [6.45, 7) is 2.27. The molecule has 0 aliphatic rings. The van der Waals surface area contributed by atoms with Gasteiger partial charge < -0.3 is 10.0 Å². The predicted octanol–water partition coefficient (Wildman–Crippen LogP) is 2.42. The average Bonchev–Trinajstić information content (AvgIpc) is 2.85. The van der Waals surface area contributed by atoms with E-state index in [-0.39, 0.29) is 11.5 Å². The molecule has 1 aromatic heterocycles. The van der Waals surface area contributed by atoms with Crippen LogP contribution in [0.15, 0.2) is 29.6 Å². The Hall–Kier alpha value is -2.21. The van der Waals surface area contributed by atoms with Crippen LogP contribution in [0.3, 0.4) is 0 Å². The number of carbonyl (C=O) groups excluding carboxylic acids is 1.